The average molecular weight is 611 g/mol. The molecule has 8 heteroatoms. The minimum absolute atomic E-state index is 0.289. The second kappa shape index (κ2) is 13.2. The van der Waals surface area contributed by atoms with E-state index in [1.54, 1.807) is 4.90 Å². The molecule has 0 saturated carbocycles. The van der Waals surface area contributed by atoms with Crippen LogP contribution >= 0.6 is 0 Å². The minimum atomic E-state index is -0.511. The molecule has 45 heavy (non-hydrogen) atoms. The Morgan fingerprint density at radius 1 is 0.867 bits per heavy atom. The van der Waals surface area contributed by atoms with E-state index in [2.05, 4.69) is 107 Å². The summed E-state index contributed by atoms with van der Waals surface area (Å²) in [6.07, 6.45) is 9.32. The molecule has 2 aromatic carbocycles. The number of ether oxygens (including phenoxy) is 1. The van der Waals surface area contributed by atoms with Crippen LogP contribution in [0.1, 0.15) is 105 Å². The maximum absolute atomic E-state index is 12.7. The predicted molar refractivity (Wildman–Crippen MR) is 185 cm³/mol. The van der Waals surface area contributed by atoms with E-state index in [4.69, 9.17) is 9.73 Å². The van der Waals surface area contributed by atoms with Gasteiger partial charge in [-0.3, -0.25) is 19.3 Å². The number of benzene rings is 2. The van der Waals surface area contributed by atoms with Crippen molar-refractivity contribution in [1.29, 1.82) is 0 Å². The Bertz CT molecular complexity index is 1720. The summed E-state index contributed by atoms with van der Waals surface area (Å²) in [6, 6.07) is 13.5. The van der Waals surface area contributed by atoms with Crippen molar-refractivity contribution in [2.24, 2.45) is 16.8 Å². The Balaban J connectivity index is 0.000000186. The van der Waals surface area contributed by atoms with Crippen LogP contribution in [-0.2, 0) is 4.74 Å². The molecule has 0 aliphatic carbocycles. The molecule has 0 spiro atoms. The molecule has 0 radical (unpaired) electrons. The maximum atomic E-state index is 12.7. The number of hydrogen-bond acceptors (Lipinski definition) is 5. The number of nitrogens with zero attached hydrogens (tertiary/aromatic N) is 6. The first kappa shape index (κ1) is 32.5. The Morgan fingerprint density at radius 3 is 1.98 bits per heavy atom. The first-order valence-corrected chi connectivity index (χ1v) is 16.5. The van der Waals surface area contributed by atoms with E-state index in [0.717, 1.165) is 53.0 Å². The highest BCUT2D eigenvalue weighted by atomic mass is 16.6. The lowest BCUT2D eigenvalue weighted by atomic mass is 9.95. The first-order chi connectivity index (χ1) is 21.3. The number of allylic oxidation sites excluding steroid dienone is 1. The number of rotatable bonds is 4. The van der Waals surface area contributed by atoms with Gasteiger partial charge in [0.25, 0.3) is 0 Å². The lowest BCUT2D eigenvalue weighted by Gasteiger charge is -2.33. The molecule has 1 amide bonds. The summed E-state index contributed by atoms with van der Waals surface area (Å²) in [7, 11) is 0. The summed E-state index contributed by atoms with van der Waals surface area (Å²) in [6.45, 7) is 20.3. The van der Waals surface area contributed by atoms with Crippen molar-refractivity contribution in [3.05, 3.63) is 66.0 Å². The van der Waals surface area contributed by atoms with Crippen molar-refractivity contribution >= 4 is 39.3 Å². The average Bonchev–Trinajstić information content (AvgIpc) is 3.61. The van der Waals surface area contributed by atoms with Crippen molar-refractivity contribution in [2.75, 3.05) is 13.1 Å². The van der Waals surface area contributed by atoms with Gasteiger partial charge in [-0.1, -0.05) is 44.2 Å². The van der Waals surface area contributed by atoms with Gasteiger partial charge in [0.05, 0.1) is 16.7 Å². The minimum Gasteiger partial charge on any atom is -0.443 e. The Kier molecular flexibility index (Phi) is 9.52. The Hall–Kier alpha value is -3.94. The van der Waals surface area contributed by atoms with Crippen LogP contribution in [0.15, 0.2) is 59.9 Å². The van der Waals surface area contributed by atoms with Gasteiger partial charge in [-0.25, -0.2) is 4.79 Å². The molecule has 0 bridgehead atoms. The topological polar surface area (TPSA) is 77.5 Å². The molecule has 0 fully saturated rings. The molecular weight excluding hydrogens is 560 g/mol. The lowest BCUT2D eigenvalue weighted by Crippen LogP contribution is -2.39. The molecule has 240 valence electrons. The molecule has 2 aliphatic rings. The van der Waals surface area contributed by atoms with Crippen LogP contribution in [0.2, 0.25) is 0 Å². The second-order valence-electron chi connectivity index (χ2n) is 14.4. The zero-order chi connectivity index (χ0) is 32.5. The van der Waals surface area contributed by atoms with Gasteiger partial charge in [-0.15, -0.1) is 0 Å². The molecule has 0 unspecified atom stereocenters. The van der Waals surface area contributed by atoms with E-state index < -0.39 is 5.60 Å². The molecule has 0 N–H and O–H groups in total. The van der Waals surface area contributed by atoms with Crippen LogP contribution in [0.5, 0.6) is 0 Å². The number of amides is 1. The lowest BCUT2D eigenvalue weighted by molar-refractivity contribution is 0.0327. The number of aromatic nitrogens is 4. The molecule has 6 rings (SSSR count). The molecule has 8 nitrogen and oxygen atoms in total. The fourth-order valence-corrected chi connectivity index (χ4v) is 5.66. The zero-order valence-electron chi connectivity index (χ0n) is 28.5. The normalized spacial score (nSPS) is 19.0. The van der Waals surface area contributed by atoms with Gasteiger partial charge in [-0.05, 0) is 97.3 Å². The fraction of sp³-hybridized carbons (Fsp3) is 0.514. The van der Waals surface area contributed by atoms with Crippen LogP contribution in [0, 0.1) is 11.8 Å². The van der Waals surface area contributed by atoms with Crippen molar-refractivity contribution in [3.8, 4) is 0 Å². The Labute approximate surface area is 268 Å². The number of fused-ring (bicyclic) bond motifs is 2. The summed E-state index contributed by atoms with van der Waals surface area (Å²) in [5.74, 6) is 1.14. The van der Waals surface area contributed by atoms with Gasteiger partial charge in [0.15, 0.2) is 0 Å². The number of hydrogen-bond donors (Lipinski definition) is 0. The Morgan fingerprint density at radius 2 is 1.44 bits per heavy atom. The van der Waals surface area contributed by atoms with Crippen molar-refractivity contribution in [3.63, 3.8) is 0 Å². The molecule has 4 heterocycles. The third-order valence-electron chi connectivity index (χ3n) is 8.32. The summed E-state index contributed by atoms with van der Waals surface area (Å²) in [5.41, 5.74) is 5.92. The predicted octanol–water partition coefficient (Wildman–Crippen LogP) is 9.07. The van der Waals surface area contributed by atoms with Gasteiger partial charge >= 0.3 is 6.09 Å². The summed E-state index contributed by atoms with van der Waals surface area (Å²) >= 11 is 0. The highest BCUT2D eigenvalue weighted by Crippen LogP contribution is 2.31. The van der Waals surface area contributed by atoms with E-state index in [1.165, 1.54) is 23.1 Å². The van der Waals surface area contributed by atoms with Crippen LogP contribution in [0.4, 0.5) is 4.79 Å². The third kappa shape index (κ3) is 7.84. The number of carbonyl (C=O) groups is 1. The van der Waals surface area contributed by atoms with Gasteiger partial charge in [0.2, 0.25) is 0 Å². The summed E-state index contributed by atoms with van der Waals surface area (Å²) < 4.78 is 9.62. The monoisotopic (exact) mass is 610 g/mol. The number of aliphatic imine (C=N–C) groups is 1. The quantitative estimate of drug-likeness (QED) is 0.231. The first-order valence-electron chi connectivity index (χ1n) is 16.5. The molecule has 0 saturated heterocycles. The van der Waals surface area contributed by atoms with E-state index >= 15 is 0 Å². The van der Waals surface area contributed by atoms with Gasteiger partial charge in [0, 0.05) is 59.6 Å². The highest BCUT2D eigenvalue weighted by molar-refractivity contribution is 6.03. The van der Waals surface area contributed by atoms with E-state index in [0.29, 0.717) is 24.5 Å². The van der Waals surface area contributed by atoms with Gasteiger partial charge < -0.3 is 4.74 Å². The highest BCUT2D eigenvalue weighted by Gasteiger charge is 2.29. The fourth-order valence-electron chi connectivity index (χ4n) is 5.66. The molecule has 2 aromatic heterocycles. The zero-order valence-corrected chi connectivity index (χ0v) is 28.5. The van der Waals surface area contributed by atoms with E-state index in [9.17, 15) is 4.79 Å². The van der Waals surface area contributed by atoms with E-state index in [1.807, 2.05) is 30.1 Å². The van der Waals surface area contributed by atoms with Crippen LogP contribution < -0.4 is 0 Å². The van der Waals surface area contributed by atoms with Crippen molar-refractivity contribution in [1.82, 2.24) is 24.5 Å². The maximum Gasteiger partial charge on any atom is 0.414 e. The van der Waals surface area contributed by atoms with Crippen LogP contribution in [-0.4, -0.2) is 55.0 Å². The van der Waals surface area contributed by atoms with Gasteiger partial charge in [0.1, 0.15) is 5.60 Å². The van der Waals surface area contributed by atoms with Crippen molar-refractivity contribution < 1.29 is 9.53 Å². The van der Waals surface area contributed by atoms with E-state index in [-0.39, 0.29) is 6.09 Å². The SMILES string of the molecule is CC(C)n1cc2ccc(C3=CC[C@H](C)CN3C(=O)OC(C)(C)C)cc2n1.CC(C)n1cc2ccc(C3=NC[C@@H](C)CC3)cc2n1. The van der Waals surface area contributed by atoms with Crippen molar-refractivity contribution in [2.45, 2.75) is 99.3 Å². The molecule has 2 atom stereocenters. The number of carbonyl (C=O) groups excluding carboxylic acids is 1. The van der Waals surface area contributed by atoms with Crippen LogP contribution in [0.3, 0.4) is 0 Å². The standard InChI is InChI=1S/C21H29N3O2.C16H21N3/c1-14(2)24-13-17-9-8-16(11-18(17)22-24)19-10-7-15(3)12-23(19)20(25)26-21(4,5)6;1-11(2)19-10-14-6-5-13(8-16(14)18-19)15-7-4-12(3)9-17-15/h8-11,13-15H,7,12H2,1-6H3;5-6,8,10-12H,4,7,9H2,1-3H3/t15-;12-/m00/s1. The summed E-state index contributed by atoms with van der Waals surface area (Å²) in [4.78, 5) is 19.2. The molecule has 2 aliphatic heterocycles. The summed E-state index contributed by atoms with van der Waals surface area (Å²) in [5, 5.41) is 11.6. The molecule has 4 aromatic rings. The van der Waals surface area contributed by atoms with Crippen LogP contribution in [0.25, 0.3) is 27.5 Å². The smallest absolute Gasteiger partial charge is 0.414 e. The third-order valence-corrected chi connectivity index (χ3v) is 8.32. The largest absolute Gasteiger partial charge is 0.443 e. The molecular formula is C37H50N6O2. The van der Waals surface area contributed by atoms with Gasteiger partial charge in [-0.2, -0.15) is 10.2 Å². The second-order valence-corrected chi connectivity index (χ2v) is 14.4.